The minimum Gasteiger partial charge on any atom is -0.394 e. The average Bonchev–Trinajstić information content (AvgIpc) is 3.05. The molecule has 0 aliphatic carbocycles. The van der Waals surface area contributed by atoms with E-state index in [9.17, 15) is 46.0 Å². The molecule has 3 aliphatic rings. The van der Waals surface area contributed by atoms with E-state index in [1.807, 2.05) is 0 Å². The highest BCUT2D eigenvalue weighted by Gasteiger charge is 2.51. The van der Waals surface area contributed by atoms with Crippen molar-refractivity contribution < 1.29 is 74.7 Å². The molecule has 32 heavy (non-hydrogen) atoms. The van der Waals surface area contributed by atoms with Gasteiger partial charge in [0.1, 0.15) is 67.1 Å². The summed E-state index contributed by atoms with van der Waals surface area (Å²) in [6, 6.07) is 0. The molecule has 3 aliphatic heterocycles. The Balaban J connectivity index is 1.60. The Morgan fingerprint density at radius 2 is 1.09 bits per heavy atom. The van der Waals surface area contributed by atoms with Crippen molar-refractivity contribution in [3.63, 3.8) is 0 Å². The van der Waals surface area contributed by atoms with Crippen LogP contribution in [-0.2, 0) is 23.7 Å². The molecular formula is C17H30O15. The highest BCUT2D eigenvalue weighted by molar-refractivity contribution is 4.94. The van der Waals surface area contributed by atoms with Crippen molar-refractivity contribution in [3.8, 4) is 0 Å². The van der Waals surface area contributed by atoms with Crippen LogP contribution < -0.4 is 0 Å². The van der Waals surface area contributed by atoms with E-state index in [4.69, 9.17) is 28.8 Å². The summed E-state index contributed by atoms with van der Waals surface area (Å²) in [5.74, 6) is 0. The van der Waals surface area contributed by atoms with Crippen molar-refractivity contribution in [1.82, 2.24) is 0 Å². The van der Waals surface area contributed by atoms with Crippen molar-refractivity contribution in [2.45, 2.75) is 86.0 Å². The van der Waals surface area contributed by atoms with Crippen LogP contribution in [0.3, 0.4) is 0 Å². The molecule has 0 amide bonds. The summed E-state index contributed by atoms with van der Waals surface area (Å²) in [5.41, 5.74) is 0. The maximum atomic E-state index is 10.5. The predicted molar refractivity (Wildman–Crippen MR) is 95.2 cm³/mol. The Hall–Kier alpha value is -0.600. The SMILES string of the molecule is OC[C@@H]1O[C@@H](O[C@@H]2[C@H](O)[C@@H](O)[C@H](OC[C@H]3O[C@@H](O)[C@H](O)[C@@H](O)[C@H]3O)O[C@@H]2CO)[C@H](O)[C@H]1O. The fourth-order valence-electron chi connectivity index (χ4n) is 3.75. The molecule has 3 saturated heterocycles. The van der Waals surface area contributed by atoms with Crippen molar-refractivity contribution in [2.24, 2.45) is 0 Å². The molecule has 15 heteroatoms. The fourth-order valence-corrected chi connectivity index (χ4v) is 3.75. The van der Waals surface area contributed by atoms with E-state index < -0.39 is 106 Å². The second-order valence-corrected chi connectivity index (χ2v) is 7.88. The van der Waals surface area contributed by atoms with E-state index in [1.54, 1.807) is 0 Å². The summed E-state index contributed by atoms with van der Waals surface area (Å²) >= 11 is 0. The molecule has 188 valence electrons. The van der Waals surface area contributed by atoms with E-state index >= 15 is 0 Å². The minimum atomic E-state index is -1.80. The second kappa shape index (κ2) is 10.8. The van der Waals surface area contributed by atoms with E-state index in [1.165, 1.54) is 0 Å². The van der Waals surface area contributed by atoms with Crippen LogP contribution in [0, 0.1) is 0 Å². The number of aliphatic hydroxyl groups excluding tert-OH is 10. The van der Waals surface area contributed by atoms with Crippen molar-refractivity contribution >= 4 is 0 Å². The van der Waals surface area contributed by atoms with Gasteiger partial charge >= 0.3 is 0 Å². The summed E-state index contributed by atoms with van der Waals surface area (Å²) in [7, 11) is 0. The van der Waals surface area contributed by atoms with Crippen LogP contribution in [0.4, 0.5) is 0 Å². The minimum absolute atomic E-state index is 0.547. The summed E-state index contributed by atoms with van der Waals surface area (Å²) in [6.45, 7) is -1.89. The lowest BCUT2D eigenvalue weighted by Gasteiger charge is -2.43. The molecular weight excluding hydrogens is 444 g/mol. The Morgan fingerprint density at radius 3 is 1.69 bits per heavy atom. The quantitative estimate of drug-likeness (QED) is 0.165. The van der Waals surface area contributed by atoms with Crippen LogP contribution in [0.2, 0.25) is 0 Å². The third-order valence-corrected chi connectivity index (χ3v) is 5.72. The molecule has 15 nitrogen and oxygen atoms in total. The van der Waals surface area contributed by atoms with Gasteiger partial charge in [-0.15, -0.1) is 0 Å². The van der Waals surface area contributed by atoms with Gasteiger partial charge in [-0.3, -0.25) is 0 Å². The van der Waals surface area contributed by atoms with E-state index in [0.717, 1.165) is 0 Å². The molecule has 0 saturated carbocycles. The smallest absolute Gasteiger partial charge is 0.187 e. The first-order valence-corrected chi connectivity index (χ1v) is 10.00. The molecule has 0 bridgehead atoms. The van der Waals surface area contributed by atoms with Crippen LogP contribution in [0.5, 0.6) is 0 Å². The summed E-state index contributed by atoms with van der Waals surface area (Å²) in [5, 5.41) is 98.1. The zero-order valence-electron chi connectivity index (χ0n) is 16.7. The van der Waals surface area contributed by atoms with Gasteiger partial charge in [-0.1, -0.05) is 0 Å². The standard InChI is InChI=1S/C17H30O15/c18-1-4-7(20)12(25)17(30-4)32-14-5(2-19)31-16(13(26)10(14)23)28-3-6-8(21)9(22)11(24)15(27)29-6/h4-27H,1-3H2/t4-,5+,6+,7-,8-,9-,10+,11+,12+,13+,14-,15+,16+,17-/m0/s1. The number of hydrogen-bond acceptors (Lipinski definition) is 15. The number of hydrogen-bond donors (Lipinski definition) is 10. The first-order chi connectivity index (χ1) is 15.1. The van der Waals surface area contributed by atoms with Gasteiger partial charge in [-0.2, -0.15) is 0 Å². The van der Waals surface area contributed by atoms with Gasteiger partial charge in [0.05, 0.1) is 19.8 Å². The van der Waals surface area contributed by atoms with Gasteiger partial charge in [0.25, 0.3) is 0 Å². The highest BCUT2D eigenvalue weighted by atomic mass is 16.7. The van der Waals surface area contributed by atoms with E-state index in [0.29, 0.717) is 0 Å². The third kappa shape index (κ3) is 5.07. The monoisotopic (exact) mass is 474 g/mol. The second-order valence-electron chi connectivity index (χ2n) is 7.88. The molecule has 10 N–H and O–H groups in total. The molecule has 0 aromatic heterocycles. The van der Waals surface area contributed by atoms with Gasteiger partial charge in [0.15, 0.2) is 18.9 Å². The Kier molecular flexibility index (Phi) is 8.75. The zero-order chi connectivity index (χ0) is 23.7. The molecule has 14 atom stereocenters. The van der Waals surface area contributed by atoms with E-state index in [2.05, 4.69) is 0 Å². The summed E-state index contributed by atoms with van der Waals surface area (Å²) < 4.78 is 26.2. The number of ether oxygens (including phenoxy) is 5. The van der Waals surface area contributed by atoms with Crippen LogP contribution in [0.15, 0.2) is 0 Å². The van der Waals surface area contributed by atoms with Gasteiger partial charge < -0.3 is 74.7 Å². The Morgan fingerprint density at radius 1 is 0.531 bits per heavy atom. The van der Waals surface area contributed by atoms with Gasteiger partial charge in [0.2, 0.25) is 0 Å². The van der Waals surface area contributed by atoms with Crippen LogP contribution in [0.25, 0.3) is 0 Å². The summed E-state index contributed by atoms with van der Waals surface area (Å²) in [6.07, 6.45) is -21.7. The third-order valence-electron chi connectivity index (χ3n) is 5.72. The van der Waals surface area contributed by atoms with Crippen LogP contribution in [-0.4, -0.2) is 157 Å². The summed E-state index contributed by atoms with van der Waals surface area (Å²) in [4.78, 5) is 0. The first kappa shape index (κ1) is 26.0. The van der Waals surface area contributed by atoms with E-state index in [-0.39, 0.29) is 0 Å². The van der Waals surface area contributed by atoms with Crippen molar-refractivity contribution in [3.05, 3.63) is 0 Å². The van der Waals surface area contributed by atoms with Crippen LogP contribution >= 0.6 is 0 Å². The topological polar surface area (TPSA) is 248 Å². The maximum absolute atomic E-state index is 10.5. The predicted octanol–water partition coefficient (Wildman–Crippen LogP) is -6.93. The maximum Gasteiger partial charge on any atom is 0.187 e. The lowest BCUT2D eigenvalue weighted by molar-refractivity contribution is -0.342. The van der Waals surface area contributed by atoms with Crippen molar-refractivity contribution in [2.75, 3.05) is 19.8 Å². The molecule has 3 fully saturated rings. The molecule has 3 heterocycles. The first-order valence-electron chi connectivity index (χ1n) is 10.00. The highest BCUT2D eigenvalue weighted by Crippen LogP contribution is 2.30. The Bertz CT molecular complexity index is 594. The van der Waals surface area contributed by atoms with Gasteiger partial charge in [0, 0.05) is 0 Å². The molecule has 0 unspecified atom stereocenters. The molecule has 3 rings (SSSR count). The molecule has 0 aromatic carbocycles. The fraction of sp³-hybridized carbons (Fsp3) is 1.00. The molecule has 0 radical (unpaired) electrons. The average molecular weight is 474 g/mol. The largest absolute Gasteiger partial charge is 0.394 e. The lowest BCUT2D eigenvalue weighted by atomic mass is 9.98. The number of aliphatic hydroxyl groups is 10. The van der Waals surface area contributed by atoms with Crippen LogP contribution in [0.1, 0.15) is 0 Å². The van der Waals surface area contributed by atoms with Gasteiger partial charge in [-0.25, -0.2) is 0 Å². The normalized spacial score (nSPS) is 52.3. The zero-order valence-corrected chi connectivity index (χ0v) is 16.7. The lowest BCUT2D eigenvalue weighted by Crippen LogP contribution is -2.62. The molecule has 0 aromatic rings. The van der Waals surface area contributed by atoms with Crippen molar-refractivity contribution in [1.29, 1.82) is 0 Å². The van der Waals surface area contributed by atoms with Gasteiger partial charge in [-0.05, 0) is 0 Å². The Labute approximate surface area is 181 Å². The number of rotatable bonds is 7. The molecule has 0 spiro atoms.